The van der Waals surface area contributed by atoms with Crippen LogP contribution in [0.1, 0.15) is 15.9 Å². The van der Waals surface area contributed by atoms with Gasteiger partial charge in [-0.3, -0.25) is 4.79 Å². The largest absolute Gasteiger partial charge is 0.507 e. The molecule has 0 heterocycles. The molecular formula is C19H18O4. The summed E-state index contributed by atoms with van der Waals surface area (Å²) in [7, 11) is 1.56. The number of ether oxygens (including phenoxy) is 2. The molecule has 2 aromatic rings. The standard InChI is InChI=1S/C19H18O4/c1-3-12-23-19-13-14(9-11-18(19)22-2)8-10-17(21)15-6-4-5-7-16(15)20/h3-11,13,20H,1,12H2,2H3/b10-8+. The van der Waals surface area contributed by atoms with E-state index in [4.69, 9.17) is 9.47 Å². The summed E-state index contributed by atoms with van der Waals surface area (Å²) < 4.78 is 10.8. The number of carbonyl (C=O) groups excluding carboxylic acids is 1. The normalized spacial score (nSPS) is 10.5. The van der Waals surface area contributed by atoms with Crippen LogP contribution in [0.2, 0.25) is 0 Å². The molecule has 1 N–H and O–H groups in total. The number of ketones is 1. The van der Waals surface area contributed by atoms with Gasteiger partial charge in [0, 0.05) is 0 Å². The quantitative estimate of drug-likeness (QED) is 0.479. The van der Waals surface area contributed by atoms with Crippen LogP contribution in [-0.4, -0.2) is 24.6 Å². The average molecular weight is 310 g/mol. The minimum atomic E-state index is -0.271. The fourth-order valence-corrected chi connectivity index (χ4v) is 2.00. The van der Waals surface area contributed by atoms with Crippen molar-refractivity contribution in [3.8, 4) is 17.2 Å². The number of benzene rings is 2. The zero-order valence-corrected chi connectivity index (χ0v) is 12.9. The topological polar surface area (TPSA) is 55.8 Å². The third-order valence-corrected chi connectivity index (χ3v) is 3.14. The minimum Gasteiger partial charge on any atom is -0.507 e. The number of allylic oxidation sites excluding steroid dienone is 1. The van der Waals surface area contributed by atoms with Crippen molar-refractivity contribution in [2.45, 2.75) is 0 Å². The van der Waals surface area contributed by atoms with Crippen LogP contribution in [-0.2, 0) is 0 Å². The highest BCUT2D eigenvalue weighted by Gasteiger charge is 2.07. The summed E-state index contributed by atoms with van der Waals surface area (Å²) in [6.07, 6.45) is 4.72. The van der Waals surface area contributed by atoms with E-state index in [2.05, 4.69) is 6.58 Å². The molecule has 118 valence electrons. The molecule has 0 unspecified atom stereocenters. The molecule has 2 aromatic carbocycles. The van der Waals surface area contributed by atoms with E-state index in [1.165, 1.54) is 12.1 Å². The smallest absolute Gasteiger partial charge is 0.189 e. The van der Waals surface area contributed by atoms with Crippen molar-refractivity contribution in [1.29, 1.82) is 0 Å². The monoisotopic (exact) mass is 310 g/mol. The second kappa shape index (κ2) is 7.84. The molecule has 23 heavy (non-hydrogen) atoms. The maximum atomic E-state index is 12.1. The van der Waals surface area contributed by atoms with Gasteiger partial charge in [-0.05, 0) is 35.9 Å². The Balaban J connectivity index is 2.20. The Bertz CT molecular complexity index is 732. The van der Waals surface area contributed by atoms with Crippen molar-refractivity contribution in [3.05, 3.63) is 72.3 Å². The van der Waals surface area contributed by atoms with Crippen molar-refractivity contribution in [3.63, 3.8) is 0 Å². The van der Waals surface area contributed by atoms with Crippen LogP contribution in [0.25, 0.3) is 6.08 Å². The summed E-state index contributed by atoms with van der Waals surface area (Å²) >= 11 is 0. The number of rotatable bonds is 7. The molecule has 0 saturated heterocycles. The molecule has 0 aromatic heterocycles. The summed E-state index contributed by atoms with van der Waals surface area (Å²) in [6, 6.07) is 11.8. The molecule has 4 nitrogen and oxygen atoms in total. The summed E-state index contributed by atoms with van der Waals surface area (Å²) in [5.41, 5.74) is 1.05. The van der Waals surface area contributed by atoms with E-state index < -0.39 is 0 Å². The SMILES string of the molecule is C=CCOc1cc(/C=C/C(=O)c2ccccc2O)ccc1OC. The van der Waals surface area contributed by atoms with Gasteiger partial charge in [0.2, 0.25) is 0 Å². The summed E-state index contributed by atoms with van der Waals surface area (Å²) in [5, 5.41) is 9.69. The Hall–Kier alpha value is -3.01. The summed E-state index contributed by atoms with van der Waals surface area (Å²) in [4.78, 5) is 12.1. The van der Waals surface area contributed by atoms with Crippen LogP contribution in [0.4, 0.5) is 0 Å². The van der Waals surface area contributed by atoms with Crippen molar-refractivity contribution in [2.24, 2.45) is 0 Å². The van der Waals surface area contributed by atoms with Crippen molar-refractivity contribution < 1.29 is 19.4 Å². The third-order valence-electron chi connectivity index (χ3n) is 3.14. The molecule has 0 atom stereocenters. The molecule has 0 amide bonds. The molecule has 0 bridgehead atoms. The lowest BCUT2D eigenvalue weighted by Crippen LogP contribution is -1.97. The number of methoxy groups -OCH3 is 1. The number of carbonyl (C=O) groups is 1. The van der Waals surface area contributed by atoms with Crippen molar-refractivity contribution in [1.82, 2.24) is 0 Å². The lowest BCUT2D eigenvalue weighted by atomic mass is 10.1. The van der Waals surface area contributed by atoms with Gasteiger partial charge in [-0.15, -0.1) is 0 Å². The maximum Gasteiger partial charge on any atom is 0.189 e. The first-order valence-electron chi connectivity index (χ1n) is 7.08. The van der Waals surface area contributed by atoms with Gasteiger partial charge in [0.25, 0.3) is 0 Å². The van der Waals surface area contributed by atoms with Gasteiger partial charge in [0.1, 0.15) is 12.4 Å². The minimum absolute atomic E-state index is 0.0353. The van der Waals surface area contributed by atoms with E-state index in [1.54, 1.807) is 49.6 Å². The zero-order chi connectivity index (χ0) is 16.7. The van der Waals surface area contributed by atoms with E-state index in [-0.39, 0.29) is 17.1 Å². The molecular weight excluding hydrogens is 292 g/mol. The van der Waals surface area contributed by atoms with Gasteiger partial charge in [0.15, 0.2) is 17.3 Å². The number of hydrogen-bond acceptors (Lipinski definition) is 4. The third kappa shape index (κ3) is 4.23. The van der Waals surface area contributed by atoms with Gasteiger partial charge in [-0.1, -0.05) is 36.9 Å². The van der Waals surface area contributed by atoms with Crippen molar-refractivity contribution >= 4 is 11.9 Å². The van der Waals surface area contributed by atoms with Gasteiger partial charge < -0.3 is 14.6 Å². The predicted molar refractivity (Wildman–Crippen MR) is 90.2 cm³/mol. The van der Waals surface area contributed by atoms with Crippen LogP contribution in [0.3, 0.4) is 0 Å². The van der Waals surface area contributed by atoms with E-state index in [1.807, 2.05) is 6.07 Å². The Morgan fingerprint density at radius 2 is 2.00 bits per heavy atom. The second-order valence-electron chi connectivity index (χ2n) is 4.72. The van der Waals surface area contributed by atoms with Gasteiger partial charge in [-0.25, -0.2) is 0 Å². The van der Waals surface area contributed by atoms with Crippen molar-refractivity contribution in [2.75, 3.05) is 13.7 Å². The van der Waals surface area contributed by atoms with E-state index >= 15 is 0 Å². The number of phenols is 1. The number of hydrogen-bond donors (Lipinski definition) is 1. The molecule has 0 spiro atoms. The molecule has 0 fully saturated rings. The average Bonchev–Trinajstić information content (AvgIpc) is 2.58. The fraction of sp³-hybridized carbons (Fsp3) is 0.105. The zero-order valence-electron chi connectivity index (χ0n) is 12.9. The molecule has 0 aliphatic heterocycles. The molecule has 4 heteroatoms. The Labute approximate surface area is 135 Å². The first-order chi connectivity index (χ1) is 11.2. The molecule has 0 aliphatic rings. The van der Waals surface area contributed by atoms with Crippen LogP contribution in [0.5, 0.6) is 17.2 Å². The van der Waals surface area contributed by atoms with E-state index in [0.29, 0.717) is 18.1 Å². The summed E-state index contributed by atoms with van der Waals surface area (Å²) in [5.74, 6) is 0.875. The Morgan fingerprint density at radius 3 is 2.70 bits per heavy atom. The molecule has 0 saturated carbocycles. The second-order valence-corrected chi connectivity index (χ2v) is 4.72. The highest BCUT2D eigenvalue weighted by atomic mass is 16.5. The Kier molecular flexibility index (Phi) is 5.58. The van der Waals surface area contributed by atoms with Crippen LogP contribution in [0, 0.1) is 0 Å². The highest BCUT2D eigenvalue weighted by molar-refractivity contribution is 6.08. The Morgan fingerprint density at radius 1 is 1.22 bits per heavy atom. The lowest BCUT2D eigenvalue weighted by Gasteiger charge is -2.09. The van der Waals surface area contributed by atoms with E-state index in [0.717, 1.165) is 5.56 Å². The molecule has 2 rings (SSSR count). The molecule has 0 radical (unpaired) electrons. The number of para-hydroxylation sites is 1. The first kappa shape index (κ1) is 16.4. The first-order valence-corrected chi connectivity index (χ1v) is 7.08. The molecule has 0 aliphatic carbocycles. The fourth-order valence-electron chi connectivity index (χ4n) is 2.00. The van der Waals surface area contributed by atoms with Crippen LogP contribution >= 0.6 is 0 Å². The van der Waals surface area contributed by atoms with Gasteiger partial charge >= 0.3 is 0 Å². The maximum absolute atomic E-state index is 12.1. The number of aromatic hydroxyl groups is 1. The van der Waals surface area contributed by atoms with Crippen LogP contribution < -0.4 is 9.47 Å². The van der Waals surface area contributed by atoms with Crippen LogP contribution in [0.15, 0.2) is 61.2 Å². The predicted octanol–water partition coefficient (Wildman–Crippen LogP) is 3.86. The van der Waals surface area contributed by atoms with E-state index in [9.17, 15) is 9.90 Å². The van der Waals surface area contributed by atoms with Gasteiger partial charge in [-0.2, -0.15) is 0 Å². The number of phenolic OH excluding ortho intramolecular Hbond substituents is 1. The lowest BCUT2D eigenvalue weighted by molar-refractivity contribution is 0.104. The summed E-state index contributed by atoms with van der Waals surface area (Å²) in [6.45, 7) is 3.97. The highest BCUT2D eigenvalue weighted by Crippen LogP contribution is 2.28. The van der Waals surface area contributed by atoms with Gasteiger partial charge in [0.05, 0.1) is 12.7 Å².